The van der Waals surface area contributed by atoms with Crippen molar-refractivity contribution in [2.75, 3.05) is 20.1 Å². The lowest BCUT2D eigenvalue weighted by atomic mass is 10.3. The maximum absolute atomic E-state index is 3.36. The van der Waals surface area contributed by atoms with Crippen LogP contribution in [-0.2, 0) is 6.54 Å². The maximum atomic E-state index is 3.36. The van der Waals surface area contributed by atoms with Crippen LogP contribution in [0.1, 0.15) is 12.0 Å². The van der Waals surface area contributed by atoms with E-state index in [1.165, 1.54) is 12.0 Å². The third-order valence-electron chi connectivity index (χ3n) is 1.77. The van der Waals surface area contributed by atoms with Crippen molar-refractivity contribution in [2.24, 2.45) is 0 Å². The average molecular weight is 167 g/mol. The topological polar surface area (TPSA) is 39.8 Å². The fourth-order valence-corrected chi connectivity index (χ4v) is 1.09. The Labute approximate surface area is 73.6 Å². The van der Waals surface area contributed by atoms with E-state index in [0.29, 0.717) is 0 Å². The Morgan fingerprint density at radius 3 is 3.00 bits per heavy atom. The van der Waals surface area contributed by atoms with E-state index in [4.69, 9.17) is 0 Å². The van der Waals surface area contributed by atoms with E-state index in [1.54, 1.807) is 0 Å². The summed E-state index contributed by atoms with van der Waals surface area (Å²) in [6.45, 7) is 3.12. The Balaban J connectivity index is 1.96. The molecule has 3 nitrogen and oxygen atoms in total. The van der Waals surface area contributed by atoms with Crippen LogP contribution in [0.2, 0.25) is 0 Å². The molecule has 0 unspecified atom stereocenters. The van der Waals surface area contributed by atoms with Gasteiger partial charge in [0, 0.05) is 18.9 Å². The van der Waals surface area contributed by atoms with Gasteiger partial charge >= 0.3 is 0 Å². The molecular weight excluding hydrogens is 150 g/mol. The molecule has 0 aliphatic carbocycles. The van der Waals surface area contributed by atoms with Crippen LogP contribution in [0.5, 0.6) is 0 Å². The Morgan fingerprint density at radius 2 is 2.33 bits per heavy atom. The number of rotatable bonds is 6. The SMILES string of the molecule is CNCCCNCc1cc[nH]c1. The number of hydrogen-bond donors (Lipinski definition) is 3. The van der Waals surface area contributed by atoms with Gasteiger partial charge < -0.3 is 15.6 Å². The van der Waals surface area contributed by atoms with Crippen LogP contribution < -0.4 is 10.6 Å². The summed E-state index contributed by atoms with van der Waals surface area (Å²) in [5.74, 6) is 0. The molecule has 0 atom stereocenters. The van der Waals surface area contributed by atoms with E-state index < -0.39 is 0 Å². The van der Waals surface area contributed by atoms with Gasteiger partial charge in [0.15, 0.2) is 0 Å². The van der Waals surface area contributed by atoms with E-state index in [0.717, 1.165) is 19.6 Å². The summed E-state index contributed by atoms with van der Waals surface area (Å²) in [5, 5.41) is 6.48. The minimum atomic E-state index is 0.965. The largest absolute Gasteiger partial charge is 0.367 e. The molecule has 0 radical (unpaired) electrons. The molecule has 12 heavy (non-hydrogen) atoms. The van der Waals surface area contributed by atoms with Crippen LogP contribution in [0.15, 0.2) is 18.5 Å². The van der Waals surface area contributed by atoms with Gasteiger partial charge in [0.05, 0.1) is 0 Å². The molecule has 0 spiro atoms. The van der Waals surface area contributed by atoms with Crippen molar-refractivity contribution in [3.63, 3.8) is 0 Å². The fourth-order valence-electron chi connectivity index (χ4n) is 1.09. The molecule has 0 aliphatic rings. The molecular formula is C9H17N3. The second kappa shape index (κ2) is 5.80. The zero-order chi connectivity index (χ0) is 8.65. The smallest absolute Gasteiger partial charge is 0.0220 e. The number of aromatic nitrogens is 1. The summed E-state index contributed by atoms with van der Waals surface area (Å²) in [6, 6.07) is 2.09. The predicted octanol–water partition coefficient (Wildman–Crippen LogP) is 0.714. The lowest BCUT2D eigenvalue weighted by Crippen LogP contribution is -2.19. The summed E-state index contributed by atoms with van der Waals surface area (Å²) in [7, 11) is 1.98. The van der Waals surface area contributed by atoms with Gasteiger partial charge in [0.25, 0.3) is 0 Å². The molecule has 0 saturated heterocycles. The summed E-state index contributed by atoms with van der Waals surface area (Å²) in [6.07, 6.45) is 5.15. The molecule has 68 valence electrons. The van der Waals surface area contributed by atoms with Gasteiger partial charge in [0.1, 0.15) is 0 Å². The zero-order valence-corrected chi connectivity index (χ0v) is 7.56. The first-order valence-corrected chi connectivity index (χ1v) is 4.40. The van der Waals surface area contributed by atoms with E-state index in [9.17, 15) is 0 Å². The number of aromatic amines is 1. The molecule has 0 aromatic carbocycles. The maximum Gasteiger partial charge on any atom is 0.0220 e. The van der Waals surface area contributed by atoms with Crippen LogP contribution >= 0.6 is 0 Å². The lowest BCUT2D eigenvalue weighted by Gasteiger charge is -2.01. The first kappa shape index (κ1) is 9.29. The average Bonchev–Trinajstić information content (AvgIpc) is 2.57. The van der Waals surface area contributed by atoms with Crippen LogP contribution in [0, 0.1) is 0 Å². The summed E-state index contributed by atoms with van der Waals surface area (Å²) < 4.78 is 0. The van der Waals surface area contributed by atoms with Gasteiger partial charge in [-0.1, -0.05) is 0 Å². The monoisotopic (exact) mass is 167 g/mol. The van der Waals surface area contributed by atoms with Crippen molar-refractivity contribution >= 4 is 0 Å². The Hall–Kier alpha value is -0.800. The molecule has 1 heterocycles. The van der Waals surface area contributed by atoms with E-state index in [1.807, 2.05) is 19.4 Å². The van der Waals surface area contributed by atoms with Crippen molar-refractivity contribution < 1.29 is 0 Å². The highest BCUT2D eigenvalue weighted by Crippen LogP contribution is 1.94. The standard InChI is InChI=1S/C9H17N3/c1-10-4-2-5-11-7-9-3-6-12-8-9/h3,6,8,10-12H,2,4-5,7H2,1H3. The minimum absolute atomic E-state index is 0.965. The quantitative estimate of drug-likeness (QED) is 0.546. The second-order valence-electron chi connectivity index (χ2n) is 2.85. The summed E-state index contributed by atoms with van der Waals surface area (Å²) in [5.41, 5.74) is 1.32. The van der Waals surface area contributed by atoms with Crippen molar-refractivity contribution in [1.29, 1.82) is 0 Å². The zero-order valence-electron chi connectivity index (χ0n) is 7.56. The van der Waals surface area contributed by atoms with Crippen LogP contribution in [0.4, 0.5) is 0 Å². The normalized spacial score (nSPS) is 10.4. The number of nitrogens with one attached hydrogen (secondary N) is 3. The molecule has 3 heteroatoms. The highest BCUT2D eigenvalue weighted by molar-refractivity contribution is 5.07. The van der Waals surface area contributed by atoms with E-state index in [2.05, 4.69) is 21.7 Å². The second-order valence-corrected chi connectivity index (χ2v) is 2.85. The molecule has 0 aliphatic heterocycles. The van der Waals surface area contributed by atoms with Crippen molar-refractivity contribution in [1.82, 2.24) is 15.6 Å². The predicted molar refractivity (Wildman–Crippen MR) is 51.0 cm³/mol. The summed E-state index contributed by atoms with van der Waals surface area (Å²) >= 11 is 0. The molecule has 1 aromatic heterocycles. The Morgan fingerprint density at radius 1 is 1.42 bits per heavy atom. The highest BCUT2D eigenvalue weighted by atomic mass is 14.9. The van der Waals surface area contributed by atoms with Gasteiger partial charge in [-0.05, 0) is 38.2 Å². The first-order chi connectivity index (χ1) is 5.93. The Bertz CT molecular complexity index is 182. The Kier molecular flexibility index (Phi) is 4.49. The lowest BCUT2D eigenvalue weighted by molar-refractivity contribution is 0.625. The molecule has 0 amide bonds. The van der Waals surface area contributed by atoms with Crippen molar-refractivity contribution in [3.05, 3.63) is 24.0 Å². The molecule has 3 N–H and O–H groups in total. The number of H-pyrrole nitrogens is 1. The van der Waals surface area contributed by atoms with Gasteiger partial charge in [0.2, 0.25) is 0 Å². The van der Waals surface area contributed by atoms with E-state index in [-0.39, 0.29) is 0 Å². The van der Waals surface area contributed by atoms with E-state index >= 15 is 0 Å². The molecule has 1 rings (SSSR count). The van der Waals surface area contributed by atoms with Crippen LogP contribution in [-0.4, -0.2) is 25.1 Å². The number of hydrogen-bond acceptors (Lipinski definition) is 2. The minimum Gasteiger partial charge on any atom is -0.367 e. The van der Waals surface area contributed by atoms with Gasteiger partial charge in [-0.25, -0.2) is 0 Å². The van der Waals surface area contributed by atoms with Gasteiger partial charge in [-0.15, -0.1) is 0 Å². The van der Waals surface area contributed by atoms with Crippen molar-refractivity contribution in [2.45, 2.75) is 13.0 Å². The molecule has 0 fully saturated rings. The molecule has 0 bridgehead atoms. The van der Waals surface area contributed by atoms with Gasteiger partial charge in [-0.3, -0.25) is 0 Å². The fraction of sp³-hybridized carbons (Fsp3) is 0.556. The van der Waals surface area contributed by atoms with Crippen LogP contribution in [0.25, 0.3) is 0 Å². The molecule has 1 aromatic rings. The van der Waals surface area contributed by atoms with Gasteiger partial charge in [-0.2, -0.15) is 0 Å². The van der Waals surface area contributed by atoms with Crippen molar-refractivity contribution in [3.8, 4) is 0 Å². The third-order valence-corrected chi connectivity index (χ3v) is 1.77. The molecule has 0 saturated carbocycles. The summed E-state index contributed by atoms with van der Waals surface area (Å²) in [4.78, 5) is 3.03. The highest BCUT2D eigenvalue weighted by Gasteiger charge is 1.90. The third kappa shape index (κ3) is 3.55. The van der Waals surface area contributed by atoms with Crippen LogP contribution in [0.3, 0.4) is 0 Å². The first-order valence-electron chi connectivity index (χ1n) is 4.40.